The molecule has 0 saturated carbocycles. The minimum atomic E-state index is -4.44. The van der Waals surface area contributed by atoms with Crippen molar-refractivity contribution in [1.29, 1.82) is 0 Å². The molecule has 0 bridgehead atoms. The van der Waals surface area contributed by atoms with E-state index in [9.17, 15) is 18.3 Å². The molecule has 0 aliphatic carbocycles. The summed E-state index contributed by atoms with van der Waals surface area (Å²) < 4.78 is 52.7. The Morgan fingerprint density at radius 3 is 2.88 bits per heavy atom. The number of nitrogens with zero attached hydrogens (tertiary/aromatic N) is 2. The van der Waals surface area contributed by atoms with E-state index in [1.807, 2.05) is 0 Å². The predicted octanol–water partition coefficient (Wildman–Crippen LogP) is 1.76. The summed E-state index contributed by atoms with van der Waals surface area (Å²) in [4.78, 5) is 4.04. The number of nitrogens with one attached hydrogen (secondary N) is 1. The molecule has 1 unspecified atom stereocenters. The van der Waals surface area contributed by atoms with E-state index >= 15 is 0 Å². The first kappa shape index (κ1) is 19.2. The summed E-state index contributed by atoms with van der Waals surface area (Å²) in [6.45, 7) is 0.455. The van der Waals surface area contributed by atoms with Crippen molar-refractivity contribution in [2.24, 2.45) is 0 Å². The van der Waals surface area contributed by atoms with Crippen molar-refractivity contribution in [1.82, 2.24) is 15.5 Å². The fourth-order valence-electron chi connectivity index (χ4n) is 1.91. The first-order valence-corrected chi connectivity index (χ1v) is 7.37. The van der Waals surface area contributed by atoms with Crippen LogP contribution in [-0.4, -0.2) is 41.6 Å². The topological polar surface area (TPSA) is 89.6 Å². The SMILES string of the molecule is COCc1nc(CNCC(O)COc2cccc(C(F)(F)F)c2)no1. The van der Waals surface area contributed by atoms with Crippen LogP contribution < -0.4 is 10.1 Å². The van der Waals surface area contributed by atoms with Gasteiger partial charge in [-0.1, -0.05) is 11.2 Å². The number of ether oxygens (including phenoxy) is 2. The van der Waals surface area contributed by atoms with Crippen LogP contribution in [0.4, 0.5) is 13.2 Å². The zero-order valence-electron chi connectivity index (χ0n) is 13.4. The molecular formula is C15H18F3N3O4. The molecule has 7 nitrogen and oxygen atoms in total. The number of halogens is 3. The Hall–Kier alpha value is -2.17. The molecule has 2 N–H and O–H groups in total. The van der Waals surface area contributed by atoms with Gasteiger partial charge in [0.1, 0.15) is 25.1 Å². The van der Waals surface area contributed by atoms with Crippen molar-refractivity contribution in [3.05, 3.63) is 41.5 Å². The van der Waals surface area contributed by atoms with Crippen molar-refractivity contribution in [2.75, 3.05) is 20.3 Å². The number of rotatable bonds is 9. The van der Waals surface area contributed by atoms with Gasteiger partial charge < -0.3 is 24.4 Å². The highest BCUT2D eigenvalue weighted by Gasteiger charge is 2.30. The van der Waals surface area contributed by atoms with Gasteiger partial charge in [-0.05, 0) is 18.2 Å². The molecule has 0 fully saturated rings. The number of hydrogen-bond acceptors (Lipinski definition) is 7. The Morgan fingerprint density at radius 1 is 1.36 bits per heavy atom. The van der Waals surface area contributed by atoms with Crippen molar-refractivity contribution >= 4 is 0 Å². The lowest BCUT2D eigenvalue weighted by Crippen LogP contribution is -2.31. The van der Waals surface area contributed by atoms with Gasteiger partial charge in [-0.25, -0.2) is 0 Å². The number of alkyl halides is 3. The summed E-state index contributed by atoms with van der Waals surface area (Å²) in [7, 11) is 1.50. The van der Waals surface area contributed by atoms with Gasteiger partial charge >= 0.3 is 6.18 Å². The van der Waals surface area contributed by atoms with Gasteiger partial charge in [0.15, 0.2) is 5.82 Å². The maximum atomic E-state index is 12.6. The van der Waals surface area contributed by atoms with Crippen LogP contribution in [0.5, 0.6) is 5.75 Å². The fraction of sp³-hybridized carbons (Fsp3) is 0.467. The molecule has 0 radical (unpaired) electrons. The van der Waals surface area contributed by atoms with Crippen molar-refractivity contribution in [3.63, 3.8) is 0 Å². The van der Waals surface area contributed by atoms with Gasteiger partial charge in [-0.3, -0.25) is 0 Å². The number of methoxy groups -OCH3 is 1. The molecule has 0 spiro atoms. The number of aliphatic hydroxyl groups excluding tert-OH is 1. The van der Waals surface area contributed by atoms with Crippen LogP contribution in [0, 0.1) is 0 Å². The van der Waals surface area contributed by atoms with E-state index in [2.05, 4.69) is 15.5 Å². The molecule has 25 heavy (non-hydrogen) atoms. The molecule has 0 aliphatic heterocycles. The average molecular weight is 361 g/mol. The first-order chi connectivity index (χ1) is 11.9. The van der Waals surface area contributed by atoms with Crippen molar-refractivity contribution < 1.29 is 32.3 Å². The van der Waals surface area contributed by atoms with Crippen LogP contribution in [0.1, 0.15) is 17.3 Å². The molecule has 138 valence electrons. The average Bonchev–Trinajstić information content (AvgIpc) is 3.00. The molecule has 2 aromatic rings. The molecule has 10 heteroatoms. The maximum Gasteiger partial charge on any atom is 0.416 e. The van der Waals surface area contributed by atoms with E-state index in [0.29, 0.717) is 11.7 Å². The lowest BCUT2D eigenvalue weighted by atomic mass is 10.2. The molecule has 0 aliphatic rings. The van der Waals surface area contributed by atoms with Gasteiger partial charge in [-0.2, -0.15) is 18.2 Å². The Bertz CT molecular complexity index is 663. The quantitative estimate of drug-likeness (QED) is 0.703. The lowest BCUT2D eigenvalue weighted by Gasteiger charge is -2.14. The minimum absolute atomic E-state index is 0.0382. The maximum absolute atomic E-state index is 12.6. The first-order valence-electron chi connectivity index (χ1n) is 7.37. The van der Waals surface area contributed by atoms with E-state index in [1.165, 1.54) is 19.2 Å². The summed E-state index contributed by atoms with van der Waals surface area (Å²) >= 11 is 0. The third-order valence-corrected chi connectivity index (χ3v) is 3.04. The Labute approximate surface area is 141 Å². The zero-order valence-corrected chi connectivity index (χ0v) is 13.4. The standard InChI is InChI=1S/C15H18F3N3O4/c1-23-9-14-20-13(21-25-14)7-19-6-11(22)8-24-12-4-2-3-10(5-12)15(16,17)18/h2-5,11,19,22H,6-9H2,1H3. The molecule has 0 amide bonds. The van der Waals surface area contributed by atoms with E-state index in [0.717, 1.165) is 12.1 Å². The third-order valence-electron chi connectivity index (χ3n) is 3.04. The monoisotopic (exact) mass is 361 g/mol. The highest BCUT2D eigenvalue weighted by Crippen LogP contribution is 2.31. The lowest BCUT2D eigenvalue weighted by molar-refractivity contribution is -0.137. The number of aliphatic hydroxyl groups is 1. The Kier molecular flexibility index (Phi) is 6.73. The second kappa shape index (κ2) is 8.79. The van der Waals surface area contributed by atoms with Crippen LogP contribution >= 0.6 is 0 Å². The van der Waals surface area contributed by atoms with Gasteiger partial charge in [0.2, 0.25) is 0 Å². The van der Waals surface area contributed by atoms with Crippen LogP contribution in [0.3, 0.4) is 0 Å². The van der Waals surface area contributed by atoms with Gasteiger partial charge in [0, 0.05) is 13.7 Å². The second-order valence-electron chi connectivity index (χ2n) is 5.16. The number of hydrogen-bond donors (Lipinski definition) is 2. The predicted molar refractivity (Wildman–Crippen MR) is 79.7 cm³/mol. The Balaban J connectivity index is 1.72. The zero-order chi connectivity index (χ0) is 18.3. The number of benzene rings is 1. The summed E-state index contributed by atoms with van der Waals surface area (Å²) in [6.07, 6.45) is -5.36. The van der Waals surface area contributed by atoms with E-state index in [4.69, 9.17) is 14.0 Å². The molecule has 2 rings (SSSR count). The largest absolute Gasteiger partial charge is 0.491 e. The van der Waals surface area contributed by atoms with Gasteiger partial charge in [0.25, 0.3) is 5.89 Å². The molecule has 1 heterocycles. The summed E-state index contributed by atoms with van der Waals surface area (Å²) in [5.41, 5.74) is -0.804. The molecule has 1 atom stereocenters. The van der Waals surface area contributed by atoms with E-state index < -0.39 is 17.8 Å². The summed E-state index contributed by atoms with van der Waals surface area (Å²) in [5.74, 6) is 0.780. The molecule has 0 saturated heterocycles. The smallest absolute Gasteiger partial charge is 0.416 e. The van der Waals surface area contributed by atoms with Crippen molar-refractivity contribution in [3.8, 4) is 5.75 Å². The molecule has 1 aromatic carbocycles. The third kappa shape index (κ3) is 6.33. The highest BCUT2D eigenvalue weighted by atomic mass is 19.4. The highest BCUT2D eigenvalue weighted by molar-refractivity contribution is 5.30. The van der Waals surface area contributed by atoms with Crippen LogP contribution in [0.15, 0.2) is 28.8 Å². The van der Waals surface area contributed by atoms with Crippen LogP contribution in [-0.2, 0) is 24.1 Å². The van der Waals surface area contributed by atoms with Crippen LogP contribution in [0.25, 0.3) is 0 Å². The molecular weight excluding hydrogens is 343 g/mol. The van der Waals surface area contributed by atoms with Crippen molar-refractivity contribution in [2.45, 2.75) is 25.4 Å². The van der Waals surface area contributed by atoms with E-state index in [-0.39, 0.29) is 32.1 Å². The Morgan fingerprint density at radius 2 is 2.16 bits per heavy atom. The minimum Gasteiger partial charge on any atom is -0.491 e. The number of aromatic nitrogens is 2. The van der Waals surface area contributed by atoms with E-state index in [1.54, 1.807) is 0 Å². The summed E-state index contributed by atoms with van der Waals surface area (Å²) in [5, 5.41) is 16.4. The van der Waals surface area contributed by atoms with Gasteiger partial charge in [-0.15, -0.1) is 0 Å². The van der Waals surface area contributed by atoms with Gasteiger partial charge in [0.05, 0.1) is 12.1 Å². The second-order valence-corrected chi connectivity index (χ2v) is 5.16. The van der Waals surface area contributed by atoms with Crippen LogP contribution in [0.2, 0.25) is 0 Å². The molecule has 1 aromatic heterocycles. The normalized spacial score (nSPS) is 13.0. The fourth-order valence-corrected chi connectivity index (χ4v) is 1.91. The summed E-state index contributed by atoms with van der Waals surface area (Å²) in [6, 6.07) is 4.48.